The molecule has 0 amide bonds. The summed E-state index contributed by atoms with van der Waals surface area (Å²) >= 11 is 11.7. The van der Waals surface area contributed by atoms with Gasteiger partial charge in [0.05, 0.1) is 18.2 Å². The van der Waals surface area contributed by atoms with Gasteiger partial charge in [-0.05, 0) is 52.7 Å². The van der Waals surface area contributed by atoms with Crippen molar-refractivity contribution in [2.24, 2.45) is 0 Å². The van der Waals surface area contributed by atoms with E-state index in [4.69, 9.17) is 27.9 Å². The molecule has 3 nitrogen and oxygen atoms in total. The predicted molar refractivity (Wildman–Crippen MR) is 110 cm³/mol. The Bertz CT molecular complexity index is 1160. The monoisotopic (exact) mass is 452 g/mol. The SMILES string of the molecule is COC(=O)c1ccc(C(=O)/C=C(\c2cc(Cl)cc(Cl)c2)C(F)(F)F)c2ccccc12. The summed E-state index contributed by atoms with van der Waals surface area (Å²) in [5.41, 5.74) is -1.30. The number of halogens is 5. The van der Waals surface area contributed by atoms with Gasteiger partial charge in [0.15, 0.2) is 5.78 Å². The Balaban J connectivity index is 2.18. The van der Waals surface area contributed by atoms with E-state index >= 15 is 0 Å². The van der Waals surface area contributed by atoms with E-state index in [0.717, 1.165) is 12.1 Å². The van der Waals surface area contributed by atoms with Gasteiger partial charge < -0.3 is 4.74 Å². The average Bonchev–Trinajstić information content (AvgIpc) is 2.68. The second-order valence-electron chi connectivity index (χ2n) is 6.28. The number of hydrogen-bond donors (Lipinski definition) is 0. The van der Waals surface area contributed by atoms with Crippen molar-refractivity contribution < 1.29 is 27.5 Å². The van der Waals surface area contributed by atoms with Crippen LogP contribution in [0.25, 0.3) is 16.3 Å². The van der Waals surface area contributed by atoms with Gasteiger partial charge >= 0.3 is 12.1 Å². The molecule has 0 heterocycles. The molecule has 0 aliphatic heterocycles. The summed E-state index contributed by atoms with van der Waals surface area (Å²) in [5.74, 6) is -1.50. The van der Waals surface area contributed by atoms with E-state index < -0.39 is 23.5 Å². The molecule has 3 aromatic carbocycles. The van der Waals surface area contributed by atoms with Gasteiger partial charge in [0.25, 0.3) is 0 Å². The number of carbonyl (C=O) groups is 2. The fourth-order valence-corrected chi connectivity index (χ4v) is 3.57. The minimum absolute atomic E-state index is 0.00739. The molecule has 0 bridgehead atoms. The molecule has 0 saturated carbocycles. The lowest BCUT2D eigenvalue weighted by atomic mass is 9.95. The van der Waals surface area contributed by atoms with Crippen molar-refractivity contribution in [2.45, 2.75) is 6.18 Å². The molecule has 0 aliphatic carbocycles. The van der Waals surface area contributed by atoms with Crippen molar-refractivity contribution in [3.05, 3.63) is 87.4 Å². The van der Waals surface area contributed by atoms with Gasteiger partial charge in [0.2, 0.25) is 0 Å². The molecule has 0 saturated heterocycles. The highest BCUT2D eigenvalue weighted by molar-refractivity contribution is 6.35. The first-order valence-corrected chi connectivity index (χ1v) is 9.27. The molecule has 154 valence electrons. The van der Waals surface area contributed by atoms with Crippen LogP contribution in [0.5, 0.6) is 0 Å². The van der Waals surface area contributed by atoms with Crippen LogP contribution < -0.4 is 0 Å². The molecule has 8 heteroatoms. The maximum absolute atomic E-state index is 13.7. The van der Waals surface area contributed by atoms with Crippen molar-refractivity contribution in [3.63, 3.8) is 0 Å². The van der Waals surface area contributed by atoms with E-state index in [2.05, 4.69) is 0 Å². The zero-order valence-electron chi connectivity index (χ0n) is 15.4. The predicted octanol–water partition coefficient (Wildman–Crippen LogP) is 6.76. The summed E-state index contributed by atoms with van der Waals surface area (Å²) < 4.78 is 45.8. The van der Waals surface area contributed by atoms with E-state index in [1.165, 1.54) is 25.3 Å². The number of ketones is 1. The van der Waals surface area contributed by atoms with Gasteiger partial charge in [-0.15, -0.1) is 0 Å². The zero-order chi connectivity index (χ0) is 22.1. The summed E-state index contributed by atoms with van der Waals surface area (Å²) in [4.78, 5) is 24.8. The number of methoxy groups -OCH3 is 1. The maximum atomic E-state index is 13.7. The molecule has 3 rings (SSSR count). The highest BCUT2D eigenvalue weighted by Gasteiger charge is 2.36. The Morgan fingerprint density at radius 1 is 0.900 bits per heavy atom. The summed E-state index contributed by atoms with van der Waals surface area (Å²) in [7, 11) is 1.21. The number of esters is 1. The molecule has 0 aromatic heterocycles. The topological polar surface area (TPSA) is 43.4 Å². The Kier molecular flexibility index (Phi) is 6.19. The van der Waals surface area contributed by atoms with Crippen LogP contribution in [0.1, 0.15) is 26.3 Å². The van der Waals surface area contributed by atoms with Crippen molar-refractivity contribution in [3.8, 4) is 0 Å². The third-order valence-electron chi connectivity index (χ3n) is 4.35. The molecule has 30 heavy (non-hydrogen) atoms. The first-order valence-electron chi connectivity index (χ1n) is 8.51. The maximum Gasteiger partial charge on any atom is 0.417 e. The number of carbonyl (C=O) groups excluding carboxylic acids is 2. The number of allylic oxidation sites excluding steroid dienone is 2. The standard InChI is InChI=1S/C22H13Cl2F3O3/c1-30-21(29)18-7-6-17(15-4-2-3-5-16(15)18)20(28)11-19(22(25,26)27)12-8-13(23)10-14(24)9-12/h2-11H,1H3/b19-11+. The van der Waals surface area contributed by atoms with E-state index in [1.807, 2.05) is 0 Å². The molecular weight excluding hydrogens is 440 g/mol. The highest BCUT2D eigenvalue weighted by Crippen LogP contribution is 2.37. The Labute approximate surface area is 179 Å². The van der Waals surface area contributed by atoms with Gasteiger partial charge in [-0.3, -0.25) is 4.79 Å². The second-order valence-corrected chi connectivity index (χ2v) is 7.15. The van der Waals surface area contributed by atoms with Crippen molar-refractivity contribution in [1.82, 2.24) is 0 Å². The first kappa shape index (κ1) is 21.9. The van der Waals surface area contributed by atoms with E-state index in [0.29, 0.717) is 16.8 Å². The lowest BCUT2D eigenvalue weighted by molar-refractivity contribution is -0.0689. The lowest BCUT2D eigenvalue weighted by Gasteiger charge is -2.13. The van der Waals surface area contributed by atoms with Crippen LogP contribution >= 0.6 is 23.2 Å². The number of fused-ring (bicyclic) bond motifs is 1. The van der Waals surface area contributed by atoms with Gasteiger partial charge in [-0.1, -0.05) is 47.5 Å². The number of hydrogen-bond acceptors (Lipinski definition) is 3. The Morgan fingerprint density at radius 2 is 1.43 bits per heavy atom. The molecule has 0 atom stereocenters. The number of rotatable bonds is 4. The quantitative estimate of drug-likeness (QED) is 0.249. The molecule has 0 spiro atoms. The minimum Gasteiger partial charge on any atom is -0.465 e. The molecular formula is C22H13Cl2F3O3. The van der Waals surface area contributed by atoms with Gasteiger partial charge in [0.1, 0.15) is 0 Å². The van der Waals surface area contributed by atoms with Gasteiger partial charge in [-0.2, -0.15) is 13.2 Å². The van der Waals surface area contributed by atoms with E-state index in [9.17, 15) is 22.8 Å². The van der Waals surface area contributed by atoms with E-state index in [1.54, 1.807) is 24.3 Å². The summed E-state index contributed by atoms with van der Waals surface area (Å²) in [6, 6.07) is 12.5. The summed E-state index contributed by atoms with van der Waals surface area (Å²) in [5, 5.41) is 0.733. The lowest BCUT2D eigenvalue weighted by Crippen LogP contribution is -2.13. The van der Waals surface area contributed by atoms with Crippen LogP contribution in [0.3, 0.4) is 0 Å². The largest absolute Gasteiger partial charge is 0.465 e. The van der Waals surface area contributed by atoms with Gasteiger partial charge in [0, 0.05) is 15.6 Å². The summed E-state index contributed by atoms with van der Waals surface area (Å²) in [6.45, 7) is 0. The molecule has 0 unspecified atom stereocenters. The summed E-state index contributed by atoms with van der Waals surface area (Å²) in [6.07, 6.45) is -4.33. The van der Waals surface area contributed by atoms with Gasteiger partial charge in [-0.25, -0.2) is 4.79 Å². The minimum atomic E-state index is -4.83. The third-order valence-corrected chi connectivity index (χ3v) is 4.79. The Morgan fingerprint density at radius 3 is 1.97 bits per heavy atom. The first-order chi connectivity index (χ1) is 14.1. The third kappa shape index (κ3) is 4.50. The Hall–Kier alpha value is -2.83. The highest BCUT2D eigenvalue weighted by atomic mass is 35.5. The molecule has 0 radical (unpaired) electrons. The fourth-order valence-electron chi connectivity index (χ4n) is 3.05. The van der Waals surface area contributed by atoms with Crippen LogP contribution in [0.15, 0.2) is 60.7 Å². The fraction of sp³-hybridized carbons (Fsp3) is 0.0909. The normalized spacial score (nSPS) is 12.1. The molecule has 3 aromatic rings. The van der Waals surface area contributed by atoms with Crippen LogP contribution in [-0.2, 0) is 4.74 Å². The molecule has 0 fully saturated rings. The zero-order valence-corrected chi connectivity index (χ0v) is 16.9. The number of alkyl halides is 3. The van der Waals surface area contributed by atoms with Crippen LogP contribution in [-0.4, -0.2) is 25.0 Å². The number of ether oxygens (including phenoxy) is 1. The number of benzene rings is 3. The van der Waals surface area contributed by atoms with Crippen molar-refractivity contribution >= 4 is 51.3 Å². The smallest absolute Gasteiger partial charge is 0.417 e. The average molecular weight is 453 g/mol. The molecule has 0 aliphatic rings. The second kappa shape index (κ2) is 8.50. The van der Waals surface area contributed by atoms with E-state index in [-0.39, 0.29) is 26.7 Å². The van der Waals surface area contributed by atoms with Crippen molar-refractivity contribution in [1.29, 1.82) is 0 Å². The van der Waals surface area contributed by atoms with Crippen LogP contribution in [0, 0.1) is 0 Å². The van der Waals surface area contributed by atoms with Crippen molar-refractivity contribution in [2.75, 3.05) is 7.11 Å². The van der Waals surface area contributed by atoms with Crippen LogP contribution in [0.4, 0.5) is 13.2 Å². The van der Waals surface area contributed by atoms with Crippen LogP contribution in [0.2, 0.25) is 10.0 Å². The molecule has 0 N–H and O–H groups in total.